The van der Waals surface area contributed by atoms with Gasteiger partial charge in [0.15, 0.2) is 0 Å². The Balaban J connectivity index is 1.96. The van der Waals surface area contributed by atoms with E-state index in [1.807, 2.05) is 11.3 Å². The van der Waals surface area contributed by atoms with Gasteiger partial charge in [0.2, 0.25) is 0 Å². The molecule has 1 aliphatic rings. The molecule has 1 N–H and O–H groups in total. The van der Waals surface area contributed by atoms with Crippen LogP contribution in [0.4, 0.5) is 0 Å². The van der Waals surface area contributed by atoms with Crippen LogP contribution in [-0.4, -0.2) is 24.5 Å². The summed E-state index contributed by atoms with van der Waals surface area (Å²) in [5, 5.41) is 3.43. The quantitative estimate of drug-likeness (QED) is 0.847. The van der Waals surface area contributed by atoms with E-state index in [-0.39, 0.29) is 0 Å². The first-order chi connectivity index (χ1) is 9.61. The van der Waals surface area contributed by atoms with Crippen molar-refractivity contribution in [3.63, 3.8) is 0 Å². The molecule has 2 unspecified atom stereocenters. The van der Waals surface area contributed by atoms with Crippen LogP contribution < -0.4 is 5.32 Å². The van der Waals surface area contributed by atoms with E-state index in [0.717, 1.165) is 31.6 Å². The van der Waals surface area contributed by atoms with Crippen molar-refractivity contribution in [2.45, 2.75) is 65.6 Å². The van der Waals surface area contributed by atoms with Gasteiger partial charge >= 0.3 is 0 Å². The van der Waals surface area contributed by atoms with Crippen LogP contribution in [0.3, 0.4) is 0 Å². The van der Waals surface area contributed by atoms with Crippen LogP contribution in [-0.2, 0) is 13.1 Å². The van der Waals surface area contributed by atoms with Gasteiger partial charge in [-0.3, -0.25) is 4.90 Å². The van der Waals surface area contributed by atoms with Gasteiger partial charge in [-0.05, 0) is 50.9 Å². The molecule has 1 aromatic heterocycles. The molecule has 2 rings (SSSR count). The van der Waals surface area contributed by atoms with Crippen molar-refractivity contribution in [2.75, 3.05) is 13.6 Å². The molecule has 0 amide bonds. The van der Waals surface area contributed by atoms with Crippen molar-refractivity contribution < 1.29 is 0 Å². The zero-order chi connectivity index (χ0) is 14.5. The van der Waals surface area contributed by atoms with Crippen molar-refractivity contribution >= 4 is 11.3 Å². The smallest absolute Gasteiger partial charge is 0.0299 e. The first-order valence-corrected chi connectivity index (χ1v) is 8.92. The number of rotatable bonds is 6. The lowest BCUT2D eigenvalue weighted by molar-refractivity contribution is 0.133. The van der Waals surface area contributed by atoms with Crippen molar-refractivity contribution in [2.24, 2.45) is 5.92 Å². The largest absolute Gasteiger partial charge is 0.312 e. The molecule has 0 radical (unpaired) electrons. The Kier molecular flexibility index (Phi) is 6.06. The number of hydrogen-bond acceptors (Lipinski definition) is 3. The first-order valence-electron chi connectivity index (χ1n) is 8.11. The van der Waals surface area contributed by atoms with Gasteiger partial charge in [0.25, 0.3) is 0 Å². The van der Waals surface area contributed by atoms with Crippen LogP contribution in [0.25, 0.3) is 0 Å². The van der Waals surface area contributed by atoms with Crippen LogP contribution >= 0.6 is 11.3 Å². The topological polar surface area (TPSA) is 15.3 Å². The molecular formula is C17H30N2S. The maximum atomic E-state index is 3.43. The molecule has 0 bridgehead atoms. The summed E-state index contributed by atoms with van der Waals surface area (Å²) in [6, 6.07) is 3.19. The predicted octanol–water partition coefficient (Wildman–Crippen LogP) is 4.18. The summed E-state index contributed by atoms with van der Waals surface area (Å²) >= 11 is 1.95. The van der Waals surface area contributed by atoms with Crippen LogP contribution in [0.1, 0.15) is 54.8 Å². The van der Waals surface area contributed by atoms with Gasteiger partial charge in [0.05, 0.1) is 0 Å². The molecule has 0 aromatic carbocycles. The first kappa shape index (κ1) is 16.0. The van der Waals surface area contributed by atoms with Crippen molar-refractivity contribution in [3.8, 4) is 0 Å². The van der Waals surface area contributed by atoms with Gasteiger partial charge in [0.1, 0.15) is 0 Å². The van der Waals surface area contributed by atoms with E-state index in [2.05, 4.69) is 44.1 Å². The van der Waals surface area contributed by atoms with E-state index >= 15 is 0 Å². The fourth-order valence-electron chi connectivity index (χ4n) is 3.42. The minimum absolute atomic E-state index is 0.778. The van der Waals surface area contributed by atoms with Gasteiger partial charge in [-0.25, -0.2) is 0 Å². The number of nitrogens with one attached hydrogen (secondary N) is 1. The number of thiophene rings is 1. The summed E-state index contributed by atoms with van der Waals surface area (Å²) in [6.45, 7) is 10.0. The van der Waals surface area contributed by atoms with Crippen molar-refractivity contribution in [1.82, 2.24) is 10.2 Å². The van der Waals surface area contributed by atoms with Crippen molar-refractivity contribution in [3.05, 3.63) is 21.4 Å². The monoisotopic (exact) mass is 294 g/mol. The lowest BCUT2D eigenvalue weighted by Gasteiger charge is -2.36. The minimum atomic E-state index is 0.778. The molecule has 2 nitrogen and oxygen atoms in total. The lowest BCUT2D eigenvalue weighted by Crippen LogP contribution is -2.38. The highest BCUT2D eigenvalue weighted by Crippen LogP contribution is 2.30. The molecule has 0 spiro atoms. The molecule has 1 aliphatic carbocycles. The Hall–Kier alpha value is -0.380. The average Bonchev–Trinajstić information content (AvgIpc) is 2.77. The standard InChI is InChI=1S/C17H30N2S/c1-5-18-11-16-10-15(14(3)20-16)12-19(4)17-9-7-6-8-13(17)2/h10,13,17-18H,5-9,11-12H2,1-4H3. The fraction of sp³-hybridized carbons (Fsp3) is 0.765. The summed E-state index contributed by atoms with van der Waals surface area (Å²) in [5.74, 6) is 0.855. The maximum absolute atomic E-state index is 3.43. The van der Waals surface area contributed by atoms with E-state index in [0.29, 0.717) is 0 Å². The fourth-order valence-corrected chi connectivity index (χ4v) is 4.44. The summed E-state index contributed by atoms with van der Waals surface area (Å²) < 4.78 is 0. The van der Waals surface area contributed by atoms with Crippen LogP contribution in [0, 0.1) is 12.8 Å². The highest BCUT2D eigenvalue weighted by molar-refractivity contribution is 7.12. The number of nitrogens with zero attached hydrogens (tertiary/aromatic N) is 1. The second kappa shape index (κ2) is 7.58. The second-order valence-electron chi connectivity index (χ2n) is 6.32. The van der Waals surface area contributed by atoms with Crippen LogP contribution in [0.5, 0.6) is 0 Å². The molecule has 3 heteroatoms. The highest BCUT2D eigenvalue weighted by Gasteiger charge is 2.25. The average molecular weight is 295 g/mol. The summed E-state index contributed by atoms with van der Waals surface area (Å²) in [4.78, 5) is 5.56. The number of hydrogen-bond donors (Lipinski definition) is 1. The molecule has 1 aromatic rings. The Morgan fingerprint density at radius 3 is 2.80 bits per heavy atom. The van der Waals surface area contributed by atoms with Gasteiger partial charge in [-0.1, -0.05) is 26.7 Å². The van der Waals surface area contributed by atoms with E-state index in [1.54, 1.807) is 0 Å². The molecule has 114 valence electrons. The second-order valence-corrected chi connectivity index (χ2v) is 7.66. The zero-order valence-corrected chi connectivity index (χ0v) is 14.4. The van der Waals surface area contributed by atoms with E-state index in [9.17, 15) is 0 Å². The molecule has 1 heterocycles. The minimum Gasteiger partial charge on any atom is -0.312 e. The third-order valence-electron chi connectivity index (χ3n) is 4.67. The Morgan fingerprint density at radius 2 is 2.10 bits per heavy atom. The molecular weight excluding hydrogens is 264 g/mol. The van der Waals surface area contributed by atoms with Gasteiger partial charge < -0.3 is 5.32 Å². The molecule has 1 fully saturated rings. The molecule has 0 aliphatic heterocycles. The summed E-state index contributed by atoms with van der Waals surface area (Å²) in [6.07, 6.45) is 5.62. The third kappa shape index (κ3) is 4.06. The van der Waals surface area contributed by atoms with Crippen molar-refractivity contribution in [1.29, 1.82) is 0 Å². The zero-order valence-electron chi connectivity index (χ0n) is 13.5. The van der Waals surface area contributed by atoms with E-state index in [4.69, 9.17) is 0 Å². The van der Waals surface area contributed by atoms with Gasteiger partial charge in [-0.2, -0.15) is 0 Å². The Morgan fingerprint density at radius 1 is 1.35 bits per heavy atom. The predicted molar refractivity (Wildman–Crippen MR) is 89.3 cm³/mol. The molecule has 2 atom stereocenters. The van der Waals surface area contributed by atoms with E-state index < -0.39 is 0 Å². The SMILES string of the molecule is CCNCc1cc(CN(C)C2CCCCC2C)c(C)s1. The molecule has 1 saturated carbocycles. The molecule has 0 saturated heterocycles. The highest BCUT2D eigenvalue weighted by atomic mass is 32.1. The number of aryl methyl sites for hydroxylation is 1. The molecule has 20 heavy (non-hydrogen) atoms. The summed E-state index contributed by atoms with van der Waals surface area (Å²) in [7, 11) is 2.31. The van der Waals surface area contributed by atoms with Gasteiger partial charge in [-0.15, -0.1) is 11.3 Å². The van der Waals surface area contributed by atoms with E-state index in [1.165, 1.54) is 41.0 Å². The third-order valence-corrected chi connectivity index (χ3v) is 5.77. The summed E-state index contributed by atoms with van der Waals surface area (Å²) in [5.41, 5.74) is 1.53. The normalized spacial score (nSPS) is 23.4. The Bertz CT molecular complexity index is 413. The lowest BCUT2D eigenvalue weighted by atomic mass is 9.85. The van der Waals surface area contributed by atoms with Crippen LogP contribution in [0.15, 0.2) is 6.07 Å². The maximum Gasteiger partial charge on any atom is 0.0299 e. The van der Waals surface area contributed by atoms with Gasteiger partial charge in [0, 0.05) is 28.9 Å². The van der Waals surface area contributed by atoms with Crippen LogP contribution in [0.2, 0.25) is 0 Å². The Labute approximate surface area is 128 Å².